The van der Waals surface area contributed by atoms with Crippen molar-refractivity contribution >= 4 is 5.95 Å². The van der Waals surface area contributed by atoms with Crippen molar-refractivity contribution < 1.29 is 13.2 Å². The molecule has 0 unspecified atom stereocenters. The van der Waals surface area contributed by atoms with Crippen molar-refractivity contribution in [3.63, 3.8) is 0 Å². The summed E-state index contributed by atoms with van der Waals surface area (Å²) < 4.78 is 38.4. The van der Waals surface area contributed by atoms with Gasteiger partial charge in [-0.2, -0.15) is 13.2 Å². The molecule has 2 N–H and O–H groups in total. The van der Waals surface area contributed by atoms with E-state index in [1.807, 2.05) is 0 Å². The van der Waals surface area contributed by atoms with Crippen molar-refractivity contribution in [1.82, 2.24) is 14.8 Å². The highest BCUT2D eigenvalue weighted by Gasteiger charge is 2.29. The van der Waals surface area contributed by atoms with Gasteiger partial charge in [0.1, 0.15) is 6.33 Å². The van der Waals surface area contributed by atoms with Crippen molar-refractivity contribution in [1.29, 1.82) is 0 Å². The van der Waals surface area contributed by atoms with E-state index in [1.165, 1.54) is 23.1 Å². The van der Waals surface area contributed by atoms with Gasteiger partial charge in [0.2, 0.25) is 5.95 Å². The van der Waals surface area contributed by atoms with Crippen molar-refractivity contribution in [2.24, 2.45) is 0 Å². The number of halogens is 3. The Morgan fingerprint density at radius 1 is 1.18 bits per heavy atom. The Balaban J connectivity index is 2.13. The molecule has 17 heavy (non-hydrogen) atoms. The fourth-order valence-electron chi connectivity index (χ4n) is 1.37. The van der Waals surface area contributed by atoms with Crippen LogP contribution in [0, 0.1) is 0 Å². The molecule has 0 aliphatic rings. The van der Waals surface area contributed by atoms with Gasteiger partial charge < -0.3 is 5.73 Å². The third-order valence-corrected chi connectivity index (χ3v) is 2.18. The topological polar surface area (TPSA) is 56.7 Å². The average molecular weight is 242 g/mol. The second-order valence-corrected chi connectivity index (χ2v) is 3.50. The molecule has 0 spiro atoms. The molecule has 2 aromatic rings. The SMILES string of the molecule is Nc1ncn(Cc2ccc(C(F)(F)F)cc2)n1. The Morgan fingerprint density at radius 3 is 2.29 bits per heavy atom. The minimum Gasteiger partial charge on any atom is -0.367 e. The lowest BCUT2D eigenvalue weighted by atomic mass is 10.1. The summed E-state index contributed by atoms with van der Waals surface area (Å²) in [5.74, 6) is 0.136. The van der Waals surface area contributed by atoms with Crippen molar-refractivity contribution in [3.8, 4) is 0 Å². The van der Waals surface area contributed by atoms with Crippen molar-refractivity contribution in [2.45, 2.75) is 12.7 Å². The molecule has 1 aromatic carbocycles. The molecule has 0 saturated carbocycles. The van der Waals surface area contributed by atoms with Gasteiger partial charge in [-0.25, -0.2) is 9.67 Å². The molecule has 0 fully saturated rings. The van der Waals surface area contributed by atoms with Crippen molar-refractivity contribution in [3.05, 3.63) is 41.7 Å². The van der Waals surface area contributed by atoms with E-state index in [2.05, 4.69) is 10.1 Å². The molecule has 4 nitrogen and oxygen atoms in total. The molecule has 1 heterocycles. The normalized spacial score (nSPS) is 11.7. The number of nitrogens with two attached hydrogens (primary N) is 1. The number of aromatic nitrogens is 3. The molecule has 0 amide bonds. The first-order valence-corrected chi connectivity index (χ1v) is 4.76. The molecule has 2 rings (SSSR count). The van der Waals surface area contributed by atoms with E-state index in [1.54, 1.807) is 0 Å². The summed E-state index contributed by atoms with van der Waals surface area (Å²) in [6, 6.07) is 4.88. The lowest BCUT2D eigenvalue weighted by Gasteiger charge is -2.07. The Bertz CT molecular complexity index is 501. The van der Waals surface area contributed by atoms with Crippen LogP contribution in [0.1, 0.15) is 11.1 Å². The van der Waals surface area contributed by atoms with E-state index < -0.39 is 11.7 Å². The van der Waals surface area contributed by atoms with Crippen LogP contribution >= 0.6 is 0 Å². The van der Waals surface area contributed by atoms with Crippen LogP contribution in [0.3, 0.4) is 0 Å². The third kappa shape index (κ3) is 2.74. The predicted molar refractivity (Wildman–Crippen MR) is 55.0 cm³/mol. The summed E-state index contributed by atoms with van der Waals surface area (Å²) in [6.45, 7) is 0.336. The van der Waals surface area contributed by atoms with Crippen LogP contribution in [0.2, 0.25) is 0 Å². The van der Waals surface area contributed by atoms with Gasteiger partial charge in [0, 0.05) is 0 Å². The largest absolute Gasteiger partial charge is 0.416 e. The van der Waals surface area contributed by atoms with E-state index in [-0.39, 0.29) is 5.95 Å². The number of anilines is 1. The predicted octanol–water partition coefficient (Wildman–Crippen LogP) is 1.93. The fourth-order valence-corrected chi connectivity index (χ4v) is 1.37. The maximum Gasteiger partial charge on any atom is 0.416 e. The molecule has 0 atom stereocenters. The van der Waals surface area contributed by atoms with Gasteiger partial charge >= 0.3 is 6.18 Å². The Morgan fingerprint density at radius 2 is 1.82 bits per heavy atom. The van der Waals surface area contributed by atoms with E-state index in [4.69, 9.17) is 5.73 Å². The number of rotatable bonds is 2. The third-order valence-electron chi connectivity index (χ3n) is 2.18. The minimum atomic E-state index is -4.31. The highest BCUT2D eigenvalue weighted by molar-refractivity contribution is 5.24. The molecule has 7 heteroatoms. The first-order valence-electron chi connectivity index (χ1n) is 4.76. The van der Waals surface area contributed by atoms with Crippen LogP contribution in [-0.4, -0.2) is 14.8 Å². The number of nitrogen functional groups attached to an aromatic ring is 1. The number of benzene rings is 1. The summed E-state index contributed by atoms with van der Waals surface area (Å²) in [6.07, 6.45) is -2.89. The summed E-state index contributed by atoms with van der Waals surface area (Å²) in [4.78, 5) is 3.72. The summed E-state index contributed by atoms with van der Waals surface area (Å²) in [7, 11) is 0. The Labute approximate surface area is 94.9 Å². The average Bonchev–Trinajstić information content (AvgIpc) is 2.63. The summed E-state index contributed by atoms with van der Waals surface area (Å²) in [5, 5.41) is 3.84. The van der Waals surface area contributed by atoms with Crippen LogP contribution in [0.25, 0.3) is 0 Å². The monoisotopic (exact) mass is 242 g/mol. The number of hydrogen-bond acceptors (Lipinski definition) is 3. The summed E-state index contributed by atoms with van der Waals surface area (Å²) in [5.41, 5.74) is 5.35. The smallest absolute Gasteiger partial charge is 0.367 e. The van der Waals surface area contributed by atoms with Crippen LogP contribution in [0.4, 0.5) is 19.1 Å². The summed E-state index contributed by atoms with van der Waals surface area (Å²) >= 11 is 0. The van der Waals surface area contributed by atoms with Gasteiger partial charge in [-0.1, -0.05) is 12.1 Å². The molecule has 1 aromatic heterocycles. The molecule has 0 aliphatic heterocycles. The van der Waals surface area contributed by atoms with Gasteiger partial charge in [0.05, 0.1) is 12.1 Å². The maximum absolute atomic E-state index is 12.3. The van der Waals surface area contributed by atoms with Gasteiger partial charge in [-0.05, 0) is 17.7 Å². The zero-order valence-electron chi connectivity index (χ0n) is 8.65. The maximum atomic E-state index is 12.3. The highest BCUT2D eigenvalue weighted by atomic mass is 19.4. The molecular formula is C10H9F3N4. The lowest BCUT2D eigenvalue weighted by Crippen LogP contribution is -2.06. The van der Waals surface area contributed by atoms with Crippen LogP contribution < -0.4 is 5.73 Å². The molecule has 0 radical (unpaired) electrons. The zero-order valence-corrected chi connectivity index (χ0v) is 8.65. The molecule has 0 aliphatic carbocycles. The number of alkyl halides is 3. The lowest BCUT2D eigenvalue weighted by molar-refractivity contribution is -0.137. The first kappa shape index (κ1) is 11.4. The Hall–Kier alpha value is -2.05. The quantitative estimate of drug-likeness (QED) is 0.875. The number of hydrogen-bond donors (Lipinski definition) is 1. The zero-order chi connectivity index (χ0) is 12.5. The van der Waals surface area contributed by atoms with Crippen molar-refractivity contribution in [2.75, 3.05) is 5.73 Å². The molecular weight excluding hydrogens is 233 g/mol. The number of nitrogens with zero attached hydrogens (tertiary/aromatic N) is 3. The standard InChI is InChI=1S/C10H9F3N4/c11-10(12,13)8-3-1-7(2-4-8)5-17-6-15-9(14)16-17/h1-4,6H,5H2,(H2,14,16). The molecule has 0 bridgehead atoms. The van der Waals surface area contributed by atoms with Gasteiger partial charge in [0.15, 0.2) is 0 Å². The van der Waals surface area contributed by atoms with Crippen LogP contribution in [0.15, 0.2) is 30.6 Å². The van der Waals surface area contributed by atoms with E-state index in [0.29, 0.717) is 12.1 Å². The van der Waals surface area contributed by atoms with Crippen LogP contribution in [0.5, 0.6) is 0 Å². The van der Waals surface area contributed by atoms with Crippen LogP contribution in [-0.2, 0) is 12.7 Å². The van der Waals surface area contributed by atoms with E-state index >= 15 is 0 Å². The van der Waals surface area contributed by atoms with Gasteiger partial charge in [-0.3, -0.25) is 0 Å². The Kier molecular flexibility index (Phi) is 2.74. The molecule has 90 valence electrons. The fraction of sp³-hybridized carbons (Fsp3) is 0.200. The molecule has 0 saturated heterocycles. The first-order chi connectivity index (χ1) is 7.95. The van der Waals surface area contributed by atoms with E-state index in [9.17, 15) is 13.2 Å². The minimum absolute atomic E-state index is 0.136. The second-order valence-electron chi connectivity index (χ2n) is 3.50. The van der Waals surface area contributed by atoms with Gasteiger partial charge in [0.25, 0.3) is 0 Å². The van der Waals surface area contributed by atoms with E-state index in [0.717, 1.165) is 12.1 Å². The highest BCUT2D eigenvalue weighted by Crippen LogP contribution is 2.29. The second kappa shape index (κ2) is 4.08. The van der Waals surface area contributed by atoms with Gasteiger partial charge in [-0.15, -0.1) is 5.10 Å².